The number of nitrogens with zero attached hydrogens (tertiary/aromatic N) is 1. The van der Waals surface area contributed by atoms with Crippen molar-refractivity contribution >= 4 is 23.4 Å². The Hall–Kier alpha value is -2.27. The molecule has 5 nitrogen and oxygen atoms in total. The van der Waals surface area contributed by atoms with Crippen molar-refractivity contribution in [3.05, 3.63) is 53.2 Å². The summed E-state index contributed by atoms with van der Waals surface area (Å²) in [4.78, 5) is 15.6. The number of hydrogen-bond donors (Lipinski definition) is 2. The van der Waals surface area contributed by atoms with Crippen LogP contribution < -0.4 is 15.4 Å². The van der Waals surface area contributed by atoms with E-state index >= 15 is 0 Å². The molecule has 1 aromatic carbocycles. The lowest BCUT2D eigenvalue weighted by Gasteiger charge is -2.09. The summed E-state index contributed by atoms with van der Waals surface area (Å²) in [6.45, 7) is 3.07. The first kappa shape index (κ1) is 16.1. The van der Waals surface area contributed by atoms with Crippen LogP contribution in [-0.4, -0.2) is 24.2 Å². The summed E-state index contributed by atoms with van der Waals surface area (Å²) in [6.07, 6.45) is 2.20. The predicted molar refractivity (Wildman–Crippen MR) is 87.6 cm³/mol. The van der Waals surface area contributed by atoms with Crippen LogP contribution in [-0.2, 0) is 0 Å². The number of para-hydroxylation sites is 1. The summed E-state index contributed by atoms with van der Waals surface area (Å²) in [5.41, 5.74) is 1.10. The van der Waals surface area contributed by atoms with Gasteiger partial charge >= 0.3 is 6.03 Å². The van der Waals surface area contributed by atoms with E-state index < -0.39 is 0 Å². The summed E-state index contributed by atoms with van der Waals surface area (Å²) < 4.78 is 5.65. The van der Waals surface area contributed by atoms with E-state index in [9.17, 15) is 4.79 Å². The average Bonchev–Trinajstić information content (AvgIpc) is 2.51. The number of carbonyl (C=O) groups excluding carboxylic acids is 1. The summed E-state index contributed by atoms with van der Waals surface area (Å²) in [5.74, 6) is 1.33. The molecule has 22 heavy (non-hydrogen) atoms. The highest BCUT2D eigenvalue weighted by molar-refractivity contribution is 6.30. The zero-order valence-electron chi connectivity index (χ0n) is 12.3. The van der Waals surface area contributed by atoms with Gasteiger partial charge in [-0.2, -0.15) is 0 Å². The second-order valence-corrected chi connectivity index (χ2v) is 5.15. The Morgan fingerprint density at radius 2 is 2.09 bits per heavy atom. The summed E-state index contributed by atoms with van der Waals surface area (Å²) >= 11 is 5.72. The molecular weight excluding hydrogens is 302 g/mol. The van der Waals surface area contributed by atoms with Gasteiger partial charge in [-0.1, -0.05) is 29.8 Å². The molecule has 2 aromatic rings. The zero-order valence-corrected chi connectivity index (χ0v) is 13.1. The van der Waals surface area contributed by atoms with Gasteiger partial charge in [-0.25, -0.2) is 9.78 Å². The fraction of sp³-hybridized carbons (Fsp3) is 0.250. The number of amides is 2. The van der Waals surface area contributed by atoms with E-state index in [1.807, 2.05) is 31.2 Å². The number of aromatic nitrogens is 1. The van der Waals surface area contributed by atoms with Crippen LogP contribution in [0, 0.1) is 6.92 Å². The van der Waals surface area contributed by atoms with E-state index in [0.717, 1.165) is 17.7 Å². The van der Waals surface area contributed by atoms with Gasteiger partial charge in [0.05, 0.1) is 11.6 Å². The third kappa shape index (κ3) is 5.26. The molecule has 0 aliphatic heterocycles. The molecule has 1 aromatic heterocycles. The molecule has 116 valence electrons. The molecular formula is C16H18ClN3O2. The van der Waals surface area contributed by atoms with Gasteiger partial charge < -0.3 is 10.1 Å². The fourth-order valence-electron chi connectivity index (χ4n) is 1.78. The van der Waals surface area contributed by atoms with Crippen LogP contribution in [0.1, 0.15) is 12.0 Å². The molecule has 0 aliphatic carbocycles. The number of benzene rings is 1. The van der Waals surface area contributed by atoms with Gasteiger partial charge in [0.1, 0.15) is 11.6 Å². The molecule has 2 amide bonds. The van der Waals surface area contributed by atoms with Crippen molar-refractivity contribution in [2.75, 3.05) is 18.5 Å². The van der Waals surface area contributed by atoms with E-state index in [4.69, 9.17) is 16.3 Å². The number of anilines is 1. The molecule has 0 aliphatic rings. The quantitative estimate of drug-likeness (QED) is 0.799. The number of halogens is 1. The number of pyridine rings is 1. The van der Waals surface area contributed by atoms with Crippen LogP contribution in [0.4, 0.5) is 10.6 Å². The number of ether oxygens (including phenoxy) is 1. The van der Waals surface area contributed by atoms with Crippen LogP contribution in [0.15, 0.2) is 42.6 Å². The van der Waals surface area contributed by atoms with Gasteiger partial charge in [0, 0.05) is 12.7 Å². The molecule has 0 saturated heterocycles. The third-order valence-electron chi connectivity index (χ3n) is 2.93. The van der Waals surface area contributed by atoms with Crippen LogP contribution in [0.5, 0.6) is 5.75 Å². The molecule has 0 saturated carbocycles. The summed E-state index contributed by atoms with van der Waals surface area (Å²) in [6, 6.07) is 10.8. The monoisotopic (exact) mass is 319 g/mol. The minimum absolute atomic E-state index is 0.300. The lowest BCUT2D eigenvalue weighted by Crippen LogP contribution is -2.30. The van der Waals surface area contributed by atoms with Crippen molar-refractivity contribution < 1.29 is 9.53 Å². The van der Waals surface area contributed by atoms with Crippen LogP contribution in [0.2, 0.25) is 5.02 Å². The molecule has 0 atom stereocenters. The molecule has 0 bridgehead atoms. The molecule has 0 fully saturated rings. The largest absolute Gasteiger partial charge is 0.493 e. The maximum absolute atomic E-state index is 11.6. The first-order valence-electron chi connectivity index (χ1n) is 7.00. The predicted octanol–water partition coefficient (Wildman–Crippen LogP) is 3.63. The number of urea groups is 1. The lowest BCUT2D eigenvalue weighted by atomic mass is 10.2. The van der Waals surface area contributed by atoms with Crippen molar-refractivity contribution in [1.29, 1.82) is 0 Å². The average molecular weight is 320 g/mol. The number of nitrogens with one attached hydrogen (secondary N) is 2. The van der Waals surface area contributed by atoms with E-state index in [1.54, 1.807) is 12.1 Å². The first-order chi connectivity index (χ1) is 10.6. The van der Waals surface area contributed by atoms with E-state index in [0.29, 0.717) is 24.0 Å². The van der Waals surface area contributed by atoms with Gasteiger partial charge in [0.25, 0.3) is 0 Å². The number of carbonyl (C=O) groups is 1. The van der Waals surface area contributed by atoms with Gasteiger partial charge in [0.15, 0.2) is 0 Å². The van der Waals surface area contributed by atoms with Crippen molar-refractivity contribution in [1.82, 2.24) is 10.3 Å². The van der Waals surface area contributed by atoms with Crippen LogP contribution in [0.3, 0.4) is 0 Å². The Balaban J connectivity index is 1.63. The molecule has 0 unspecified atom stereocenters. The van der Waals surface area contributed by atoms with Gasteiger partial charge in [-0.05, 0) is 37.1 Å². The lowest BCUT2D eigenvalue weighted by molar-refractivity contribution is 0.250. The summed E-state index contributed by atoms with van der Waals surface area (Å²) in [5, 5.41) is 5.90. The SMILES string of the molecule is Cc1ccccc1OCCCNC(=O)Nc1ccc(Cl)cn1. The smallest absolute Gasteiger partial charge is 0.320 e. The number of aryl methyl sites for hydroxylation is 1. The highest BCUT2D eigenvalue weighted by atomic mass is 35.5. The Morgan fingerprint density at radius 1 is 1.27 bits per heavy atom. The standard InChI is InChI=1S/C16H18ClN3O2/c1-12-5-2-3-6-14(12)22-10-4-9-18-16(21)20-15-8-7-13(17)11-19-15/h2-3,5-8,11H,4,9-10H2,1H3,(H2,18,19,20,21). The molecule has 0 radical (unpaired) electrons. The normalized spacial score (nSPS) is 10.1. The number of hydrogen-bond acceptors (Lipinski definition) is 3. The molecule has 2 N–H and O–H groups in total. The Kier molecular flexibility index (Phi) is 6.03. The molecule has 0 spiro atoms. The molecule has 6 heteroatoms. The minimum atomic E-state index is -0.300. The third-order valence-corrected chi connectivity index (χ3v) is 3.15. The van der Waals surface area contributed by atoms with Gasteiger partial charge in [-0.15, -0.1) is 0 Å². The van der Waals surface area contributed by atoms with Gasteiger partial charge in [-0.3, -0.25) is 5.32 Å². The van der Waals surface area contributed by atoms with Crippen molar-refractivity contribution in [2.24, 2.45) is 0 Å². The highest BCUT2D eigenvalue weighted by Crippen LogP contribution is 2.16. The maximum Gasteiger partial charge on any atom is 0.320 e. The maximum atomic E-state index is 11.6. The van der Waals surface area contributed by atoms with Crippen molar-refractivity contribution in [2.45, 2.75) is 13.3 Å². The topological polar surface area (TPSA) is 63.2 Å². The number of rotatable bonds is 6. The van der Waals surface area contributed by atoms with Crippen molar-refractivity contribution in [3.63, 3.8) is 0 Å². The van der Waals surface area contributed by atoms with Crippen LogP contribution in [0.25, 0.3) is 0 Å². The Bertz CT molecular complexity index is 617. The van der Waals surface area contributed by atoms with Gasteiger partial charge in [0.2, 0.25) is 0 Å². The molecule has 2 rings (SSSR count). The second-order valence-electron chi connectivity index (χ2n) is 4.71. The Morgan fingerprint density at radius 3 is 2.82 bits per heavy atom. The fourth-order valence-corrected chi connectivity index (χ4v) is 1.90. The first-order valence-corrected chi connectivity index (χ1v) is 7.38. The van der Waals surface area contributed by atoms with E-state index in [1.165, 1.54) is 6.20 Å². The van der Waals surface area contributed by atoms with Crippen LogP contribution >= 0.6 is 11.6 Å². The molecule has 1 heterocycles. The van der Waals surface area contributed by atoms with E-state index in [2.05, 4.69) is 15.6 Å². The van der Waals surface area contributed by atoms with Crippen molar-refractivity contribution in [3.8, 4) is 5.75 Å². The van der Waals surface area contributed by atoms with E-state index in [-0.39, 0.29) is 6.03 Å². The Labute approximate surface area is 134 Å². The zero-order chi connectivity index (χ0) is 15.8. The summed E-state index contributed by atoms with van der Waals surface area (Å²) in [7, 11) is 0. The highest BCUT2D eigenvalue weighted by Gasteiger charge is 2.02. The minimum Gasteiger partial charge on any atom is -0.493 e. The second kappa shape index (κ2) is 8.24.